The van der Waals surface area contributed by atoms with Crippen LogP contribution >= 0.6 is 23.2 Å². The average Bonchev–Trinajstić information content (AvgIpc) is 2.95. The van der Waals surface area contributed by atoms with Crippen LogP contribution in [0.3, 0.4) is 0 Å². The van der Waals surface area contributed by atoms with E-state index in [1.165, 1.54) is 0 Å². The number of aryl methyl sites for hydroxylation is 1. The van der Waals surface area contributed by atoms with Gasteiger partial charge in [-0.2, -0.15) is 0 Å². The number of hydrogen-bond acceptors (Lipinski definition) is 4. The summed E-state index contributed by atoms with van der Waals surface area (Å²) in [6, 6.07) is 9.81. The number of rotatable bonds is 4. The van der Waals surface area contributed by atoms with Gasteiger partial charge in [0.15, 0.2) is 5.43 Å². The Morgan fingerprint density at radius 3 is 2.61 bits per heavy atom. The zero-order valence-electron chi connectivity index (χ0n) is 15.3. The summed E-state index contributed by atoms with van der Waals surface area (Å²) in [6.45, 7) is 2.53. The third kappa shape index (κ3) is 3.00. The predicted molar refractivity (Wildman–Crippen MR) is 108 cm³/mol. The number of fused-ring (bicyclic) bond motifs is 2. The standard InChI is InChI=1S/C21H17Cl2NO4/c1-11-3-6-16-13(9-11)19(25)17-18(12-4-5-14(22)15(23)10-12)24(7-8-27-2)21(26)20(17)28-16/h3-6,9-10,18H,7-8H2,1-2H3. The Kier molecular flexibility index (Phi) is 4.91. The lowest BCUT2D eigenvalue weighted by atomic mass is 9.98. The molecule has 1 aliphatic heterocycles. The van der Waals surface area contributed by atoms with Gasteiger partial charge in [0.05, 0.1) is 33.6 Å². The number of hydrogen-bond donors (Lipinski definition) is 0. The number of carbonyl (C=O) groups excluding carboxylic acids is 1. The molecule has 5 nitrogen and oxygen atoms in total. The van der Waals surface area contributed by atoms with Gasteiger partial charge in [-0.1, -0.05) is 40.9 Å². The Morgan fingerprint density at radius 1 is 1.11 bits per heavy atom. The molecular weight excluding hydrogens is 401 g/mol. The highest BCUT2D eigenvalue weighted by molar-refractivity contribution is 6.42. The Labute approximate surface area is 171 Å². The number of methoxy groups -OCH3 is 1. The van der Waals surface area contributed by atoms with E-state index in [2.05, 4.69) is 0 Å². The third-order valence-corrected chi connectivity index (χ3v) is 5.66. The van der Waals surface area contributed by atoms with Crippen molar-refractivity contribution in [1.29, 1.82) is 0 Å². The molecule has 1 aliphatic rings. The fourth-order valence-electron chi connectivity index (χ4n) is 3.58. The van der Waals surface area contributed by atoms with Gasteiger partial charge in [0.1, 0.15) is 5.58 Å². The first-order valence-corrected chi connectivity index (χ1v) is 9.50. The number of nitrogens with zero attached hydrogens (tertiary/aromatic N) is 1. The van der Waals surface area contributed by atoms with E-state index in [0.29, 0.717) is 45.3 Å². The molecule has 0 N–H and O–H groups in total. The van der Waals surface area contributed by atoms with Crippen molar-refractivity contribution in [2.24, 2.45) is 0 Å². The first-order chi connectivity index (χ1) is 13.4. The summed E-state index contributed by atoms with van der Waals surface area (Å²) in [5, 5.41) is 1.21. The normalized spacial score (nSPS) is 16.1. The lowest BCUT2D eigenvalue weighted by Gasteiger charge is -2.25. The van der Waals surface area contributed by atoms with E-state index in [1.54, 1.807) is 42.3 Å². The molecule has 0 saturated carbocycles. The summed E-state index contributed by atoms with van der Waals surface area (Å²) in [7, 11) is 1.56. The molecule has 1 unspecified atom stereocenters. The SMILES string of the molecule is COCCN1C(=O)c2oc3ccc(C)cc3c(=O)c2C1c1ccc(Cl)c(Cl)c1. The van der Waals surface area contributed by atoms with Crippen LogP contribution in [0.15, 0.2) is 45.6 Å². The molecule has 0 aliphatic carbocycles. The maximum absolute atomic E-state index is 13.3. The molecule has 3 aromatic rings. The maximum Gasteiger partial charge on any atom is 0.290 e. The molecule has 2 heterocycles. The molecule has 144 valence electrons. The smallest absolute Gasteiger partial charge is 0.290 e. The number of amides is 1. The zero-order valence-corrected chi connectivity index (χ0v) is 16.8. The van der Waals surface area contributed by atoms with Crippen LogP contribution in [0, 0.1) is 6.92 Å². The van der Waals surface area contributed by atoms with Gasteiger partial charge in [0, 0.05) is 13.7 Å². The molecule has 28 heavy (non-hydrogen) atoms. The Balaban J connectivity index is 1.98. The van der Waals surface area contributed by atoms with Crippen molar-refractivity contribution in [3.8, 4) is 0 Å². The van der Waals surface area contributed by atoms with E-state index in [1.807, 2.05) is 13.0 Å². The molecule has 7 heteroatoms. The van der Waals surface area contributed by atoms with Crippen molar-refractivity contribution >= 4 is 40.1 Å². The third-order valence-electron chi connectivity index (χ3n) is 4.92. The molecule has 0 fully saturated rings. The van der Waals surface area contributed by atoms with Crippen LogP contribution in [-0.2, 0) is 4.74 Å². The van der Waals surface area contributed by atoms with Crippen molar-refractivity contribution in [3.63, 3.8) is 0 Å². The van der Waals surface area contributed by atoms with Gasteiger partial charge in [0.25, 0.3) is 5.91 Å². The average molecular weight is 418 g/mol. The molecule has 0 saturated heterocycles. The molecule has 1 aromatic heterocycles. The highest BCUT2D eigenvalue weighted by Crippen LogP contribution is 2.39. The van der Waals surface area contributed by atoms with Gasteiger partial charge >= 0.3 is 0 Å². The van der Waals surface area contributed by atoms with Crippen LogP contribution in [0.25, 0.3) is 11.0 Å². The number of halogens is 2. The van der Waals surface area contributed by atoms with Gasteiger partial charge < -0.3 is 14.1 Å². The van der Waals surface area contributed by atoms with Crippen molar-refractivity contribution in [1.82, 2.24) is 4.90 Å². The van der Waals surface area contributed by atoms with Crippen LogP contribution in [0.1, 0.15) is 33.3 Å². The molecule has 2 aromatic carbocycles. The molecule has 0 radical (unpaired) electrons. The summed E-state index contributed by atoms with van der Waals surface area (Å²) < 4.78 is 11.0. The van der Waals surface area contributed by atoms with Gasteiger partial charge in [-0.05, 0) is 36.8 Å². The predicted octanol–water partition coefficient (Wildman–Crippen LogP) is 4.60. The Bertz CT molecular complexity index is 1160. The van der Waals surface area contributed by atoms with E-state index in [9.17, 15) is 9.59 Å². The van der Waals surface area contributed by atoms with Crippen molar-refractivity contribution in [2.45, 2.75) is 13.0 Å². The number of carbonyl (C=O) groups is 1. The first kappa shape index (κ1) is 19.0. The van der Waals surface area contributed by atoms with E-state index < -0.39 is 6.04 Å². The van der Waals surface area contributed by atoms with Crippen LogP contribution in [0.4, 0.5) is 0 Å². The van der Waals surface area contributed by atoms with Gasteiger partial charge in [0.2, 0.25) is 5.76 Å². The molecule has 1 amide bonds. The maximum atomic E-state index is 13.3. The molecule has 0 bridgehead atoms. The second-order valence-corrected chi connectivity index (χ2v) is 7.56. The highest BCUT2D eigenvalue weighted by Gasteiger charge is 2.42. The second kappa shape index (κ2) is 7.24. The van der Waals surface area contributed by atoms with E-state index >= 15 is 0 Å². The lowest BCUT2D eigenvalue weighted by Crippen LogP contribution is -2.32. The summed E-state index contributed by atoms with van der Waals surface area (Å²) in [4.78, 5) is 28.0. The quantitative estimate of drug-likeness (QED) is 0.622. The van der Waals surface area contributed by atoms with Crippen LogP contribution in [0.2, 0.25) is 10.0 Å². The minimum Gasteiger partial charge on any atom is -0.450 e. The van der Waals surface area contributed by atoms with Gasteiger partial charge in [-0.15, -0.1) is 0 Å². The second-order valence-electron chi connectivity index (χ2n) is 6.74. The van der Waals surface area contributed by atoms with E-state index in [4.69, 9.17) is 32.4 Å². The minimum absolute atomic E-state index is 0.0635. The van der Waals surface area contributed by atoms with Crippen molar-refractivity contribution < 1.29 is 13.9 Å². The number of benzene rings is 2. The Hall–Kier alpha value is -2.34. The topological polar surface area (TPSA) is 59.8 Å². The number of ether oxygens (including phenoxy) is 1. The van der Waals surface area contributed by atoms with Crippen LogP contribution in [-0.4, -0.2) is 31.1 Å². The largest absolute Gasteiger partial charge is 0.450 e. The first-order valence-electron chi connectivity index (χ1n) is 8.74. The van der Waals surface area contributed by atoms with Gasteiger partial charge in [-0.3, -0.25) is 9.59 Å². The molecule has 1 atom stereocenters. The lowest BCUT2D eigenvalue weighted by molar-refractivity contribution is 0.0663. The minimum atomic E-state index is -0.617. The van der Waals surface area contributed by atoms with Crippen molar-refractivity contribution in [2.75, 3.05) is 20.3 Å². The molecule has 0 spiro atoms. The van der Waals surface area contributed by atoms with Crippen molar-refractivity contribution in [3.05, 3.63) is 79.1 Å². The zero-order chi connectivity index (χ0) is 20.0. The van der Waals surface area contributed by atoms with E-state index in [-0.39, 0.29) is 17.1 Å². The summed E-state index contributed by atoms with van der Waals surface area (Å²) in [5.41, 5.74) is 2.12. The Morgan fingerprint density at radius 2 is 1.89 bits per heavy atom. The van der Waals surface area contributed by atoms with Crippen LogP contribution in [0.5, 0.6) is 0 Å². The van der Waals surface area contributed by atoms with E-state index in [0.717, 1.165) is 5.56 Å². The van der Waals surface area contributed by atoms with Gasteiger partial charge in [-0.25, -0.2) is 0 Å². The summed E-state index contributed by atoms with van der Waals surface area (Å²) in [6.07, 6.45) is 0. The monoisotopic (exact) mass is 417 g/mol. The summed E-state index contributed by atoms with van der Waals surface area (Å²) >= 11 is 12.3. The fraction of sp³-hybridized carbons (Fsp3) is 0.238. The van der Waals surface area contributed by atoms with Crippen LogP contribution < -0.4 is 5.43 Å². The fourth-order valence-corrected chi connectivity index (χ4v) is 3.89. The highest BCUT2D eigenvalue weighted by atomic mass is 35.5. The molecular formula is C21H17Cl2NO4. The summed E-state index contributed by atoms with van der Waals surface area (Å²) in [5.74, 6) is -0.281. The molecule has 4 rings (SSSR count).